The van der Waals surface area contributed by atoms with Gasteiger partial charge in [0.2, 0.25) is 0 Å². The lowest BCUT2D eigenvalue weighted by atomic mass is 10.0. The minimum atomic E-state index is -0.735. The Morgan fingerprint density at radius 3 is 2.64 bits per heavy atom. The molecular weight excluding hydrogens is 382 g/mol. The predicted molar refractivity (Wildman–Crippen MR) is 103 cm³/mol. The van der Waals surface area contributed by atoms with Gasteiger partial charge in [-0.25, -0.2) is 9.78 Å². The average molecular weight is 399 g/mol. The van der Waals surface area contributed by atoms with Gasteiger partial charge in [-0.3, -0.25) is 4.79 Å². The summed E-state index contributed by atoms with van der Waals surface area (Å²) in [5.74, 6) is -1.41. The first-order chi connectivity index (χ1) is 13.6. The number of aromatic nitrogens is 2. The average Bonchev–Trinajstić information content (AvgIpc) is 3.16. The van der Waals surface area contributed by atoms with E-state index in [-0.39, 0.29) is 22.6 Å². The molecule has 1 aromatic carbocycles. The molecule has 0 aliphatic carbocycles. The third kappa shape index (κ3) is 3.30. The Kier molecular flexibility index (Phi) is 4.93. The largest absolute Gasteiger partial charge is 0.507 e. The molecule has 1 fully saturated rings. The van der Waals surface area contributed by atoms with Crippen molar-refractivity contribution in [2.24, 2.45) is 0 Å². The van der Waals surface area contributed by atoms with Gasteiger partial charge in [-0.1, -0.05) is 23.5 Å². The molecule has 144 valence electrons. The molecule has 0 amide bonds. The summed E-state index contributed by atoms with van der Waals surface area (Å²) in [6.45, 7) is 2.67. The summed E-state index contributed by atoms with van der Waals surface area (Å²) in [6.07, 6.45) is 0. The van der Waals surface area contributed by atoms with Gasteiger partial charge in [0.1, 0.15) is 5.75 Å². The molecule has 8 nitrogen and oxygen atoms in total. The van der Waals surface area contributed by atoms with E-state index in [0.29, 0.717) is 36.7 Å². The van der Waals surface area contributed by atoms with Gasteiger partial charge < -0.3 is 19.5 Å². The second-order valence-electron chi connectivity index (χ2n) is 6.14. The van der Waals surface area contributed by atoms with Crippen molar-refractivity contribution in [3.63, 3.8) is 0 Å². The van der Waals surface area contributed by atoms with Crippen LogP contribution in [-0.4, -0.2) is 60.2 Å². The number of fused-ring (bicyclic) bond motifs is 1. The van der Waals surface area contributed by atoms with Gasteiger partial charge >= 0.3 is 5.97 Å². The fourth-order valence-electron chi connectivity index (χ4n) is 2.98. The van der Waals surface area contributed by atoms with Crippen molar-refractivity contribution < 1.29 is 24.2 Å². The first-order valence-electron chi connectivity index (χ1n) is 8.64. The van der Waals surface area contributed by atoms with Crippen molar-refractivity contribution in [1.29, 1.82) is 0 Å². The Morgan fingerprint density at radius 2 is 1.93 bits per heavy atom. The van der Waals surface area contributed by atoms with E-state index in [1.54, 1.807) is 18.2 Å². The van der Waals surface area contributed by atoms with E-state index in [1.165, 1.54) is 30.6 Å². The predicted octanol–water partition coefficient (Wildman–Crippen LogP) is 2.25. The van der Waals surface area contributed by atoms with Gasteiger partial charge in [-0.15, -0.1) is 0 Å². The molecule has 3 aromatic rings. The van der Waals surface area contributed by atoms with Gasteiger partial charge in [-0.2, -0.15) is 4.98 Å². The van der Waals surface area contributed by atoms with Gasteiger partial charge in [0.15, 0.2) is 22.3 Å². The summed E-state index contributed by atoms with van der Waals surface area (Å²) in [7, 11) is 1.22. The van der Waals surface area contributed by atoms with Crippen LogP contribution < -0.4 is 4.90 Å². The lowest BCUT2D eigenvalue weighted by molar-refractivity contribution is 0.0591. The Balaban J connectivity index is 1.82. The minimum Gasteiger partial charge on any atom is -0.507 e. The molecular formula is C19H17N3O5S. The Bertz CT molecular complexity index is 1060. The number of morpholine rings is 1. The molecule has 1 aliphatic heterocycles. The SMILES string of the molecule is COC(=O)c1nc2nc(N3CCOCC3)sc2cc1C(=O)c1ccccc1O. The van der Waals surface area contributed by atoms with Crippen LogP contribution in [0.25, 0.3) is 10.3 Å². The number of methoxy groups -OCH3 is 1. The van der Waals surface area contributed by atoms with Crippen LogP contribution in [0, 0.1) is 0 Å². The number of pyridine rings is 1. The topological polar surface area (TPSA) is 102 Å². The number of hydrogen-bond acceptors (Lipinski definition) is 9. The van der Waals surface area contributed by atoms with Crippen molar-refractivity contribution in [3.8, 4) is 5.75 Å². The zero-order chi connectivity index (χ0) is 19.7. The number of esters is 1. The standard InChI is InChI=1S/C19H17N3O5S/c1-26-18(25)15-12(16(24)11-4-2-3-5-13(11)23)10-14-17(20-15)21-19(28-14)22-6-8-27-9-7-22/h2-5,10,23H,6-9H2,1H3. The highest BCUT2D eigenvalue weighted by atomic mass is 32.1. The monoisotopic (exact) mass is 399 g/mol. The number of carbonyl (C=O) groups is 2. The number of nitrogens with zero attached hydrogens (tertiary/aromatic N) is 3. The minimum absolute atomic E-state index is 0.0676. The first-order valence-corrected chi connectivity index (χ1v) is 9.45. The van der Waals surface area contributed by atoms with Gasteiger partial charge in [0.05, 0.1) is 36.2 Å². The first kappa shape index (κ1) is 18.3. The number of aromatic hydroxyl groups is 1. The van der Waals surface area contributed by atoms with Crippen LogP contribution in [-0.2, 0) is 9.47 Å². The van der Waals surface area contributed by atoms with Crippen LogP contribution in [0.3, 0.4) is 0 Å². The number of carbonyl (C=O) groups excluding carboxylic acids is 2. The third-order valence-corrected chi connectivity index (χ3v) is 5.48. The Hall–Kier alpha value is -3.04. The summed E-state index contributed by atoms with van der Waals surface area (Å²) in [5, 5.41) is 10.8. The summed E-state index contributed by atoms with van der Waals surface area (Å²) in [4.78, 5) is 36.2. The molecule has 1 saturated heterocycles. The normalized spacial score (nSPS) is 14.2. The van der Waals surface area contributed by atoms with E-state index in [9.17, 15) is 14.7 Å². The van der Waals surface area contributed by atoms with Crippen molar-refractivity contribution in [2.45, 2.75) is 0 Å². The highest BCUT2D eigenvalue weighted by molar-refractivity contribution is 7.22. The molecule has 0 unspecified atom stereocenters. The maximum Gasteiger partial charge on any atom is 0.357 e. The molecule has 0 radical (unpaired) electrons. The molecule has 1 aliphatic rings. The van der Waals surface area contributed by atoms with Crippen LogP contribution in [0.4, 0.5) is 5.13 Å². The Labute approximate surface area is 164 Å². The van der Waals surface area contributed by atoms with Gasteiger partial charge in [-0.05, 0) is 18.2 Å². The number of phenolic OH excluding ortho intramolecular Hbond substituents is 1. The zero-order valence-electron chi connectivity index (χ0n) is 15.0. The van der Waals surface area contributed by atoms with Gasteiger partial charge in [0, 0.05) is 13.1 Å². The quantitative estimate of drug-likeness (QED) is 0.527. The number of ether oxygens (including phenoxy) is 2. The smallest absolute Gasteiger partial charge is 0.357 e. The fourth-order valence-corrected chi connectivity index (χ4v) is 3.98. The van der Waals surface area contributed by atoms with E-state index in [4.69, 9.17) is 9.47 Å². The molecule has 1 N–H and O–H groups in total. The van der Waals surface area contributed by atoms with E-state index in [1.807, 2.05) is 0 Å². The Morgan fingerprint density at radius 1 is 1.18 bits per heavy atom. The summed E-state index contributed by atoms with van der Waals surface area (Å²) >= 11 is 1.39. The number of ketones is 1. The molecule has 3 heterocycles. The number of hydrogen-bond donors (Lipinski definition) is 1. The molecule has 28 heavy (non-hydrogen) atoms. The van der Waals surface area contributed by atoms with Crippen LogP contribution in [0.15, 0.2) is 30.3 Å². The highest BCUT2D eigenvalue weighted by Gasteiger charge is 2.25. The lowest BCUT2D eigenvalue weighted by Gasteiger charge is -2.25. The van der Waals surface area contributed by atoms with Crippen LogP contribution in [0.1, 0.15) is 26.4 Å². The number of anilines is 1. The van der Waals surface area contributed by atoms with E-state index in [2.05, 4.69) is 14.9 Å². The van der Waals surface area contributed by atoms with E-state index >= 15 is 0 Å². The van der Waals surface area contributed by atoms with Crippen molar-refractivity contribution in [2.75, 3.05) is 38.3 Å². The molecule has 0 atom stereocenters. The maximum atomic E-state index is 13.0. The summed E-state index contributed by atoms with van der Waals surface area (Å²) in [5.41, 5.74) is 0.410. The maximum absolute atomic E-state index is 13.0. The molecule has 9 heteroatoms. The number of phenols is 1. The third-order valence-electron chi connectivity index (χ3n) is 4.43. The molecule has 0 bridgehead atoms. The summed E-state index contributed by atoms with van der Waals surface area (Å²) in [6, 6.07) is 7.76. The van der Waals surface area contributed by atoms with Crippen molar-refractivity contribution >= 4 is 38.6 Å². The molecule has 0 saturated carbocycles. The zero-order valence-corrected chi connectivity index (χ0v) is 15.9. The molecule has 2 aromatic heterocycles. The highest BCUT2D eigenvalue weighted by Crippen LogP contribution is 2.31. The summed E-state index contributed by atoms with van der Waals surface area (Å²) < 4.78 is 10.8. The van der Waals surface area contributed by atoms with Crippen LogP contribution in [0.2, 0.25) is 0 Å². The fraction of sp³-hybridized carbons (Fsp3) is 0.263. The van der Waals surface area contributed by atoms with E-state index in [0.717, 1.165) is 5.13 Å². The number of benzene rings is 1. The lowest BCUT2D eigenvalue weighted by Crippen LogP contribution is -2.36. The van der Waals surface area contributed by atoms with Crippen LogP contribution >= 0.6 is 11.3 Å². The van der Waals surface area contributed by atoms with Crippen molar-refractivity contribution in [1.82, 2.24) is 9.97 Å². The number of rotatable bonds is 4. The number of thiazole rings is 1. The molecule has 4 rings (SSSR count). The van der Waals surface area contributed by atoms with Gasteiger partial charge in [0.25, 0.3) is 0 Å². The second-order valence-corrected chi connectivity index (χ2v) is 7.15. The van der Waals surface area contributed by atoms with E-state index < -0.39 is 11.8 Å². The second kappa shape index (κ2) is 7.53. The van der Waals surface area contributed by atoms with Crippen molar-refractivity contribution in [3.05, 3.63) is 47.2 Å². The molecule has 0 spiro atoms. The number of para-hydroxylation sites is 1. The van der Waals surface area contributed by atoms with Crippen LogP contribution in [0.5, 0.6) is 5.75 Å².